The van der Waals surface area contributed by atoms with E-state index < -0.39 is 0 Å². The van der Waals surface area contributed by atoms with Crippen LogP contribution < -0.4 is 10.3 Å². The number of nitrogens with one attached hydrogen (secondary N) is 1. The highest BCUT2D eigenvalue weighted by Crippen LogP contribution is 2.14. The van der Waals surface area contributed by atoms with E-state index in [9.17, 15) is 4.79 Å². The largest absolute Gasteiger partial charge is 0.488 e. The summed E-state index contributed by atoms with van der Waals surface area (Å²) in [7, 11) is 0. The van der Waals surface area contributed by atoms with Gasteiger partial charge >= 0.3 is 0 Å². The first-order chi connectivity index (χ1) is 6.84. The Balaban J connectivity index is 1.99. The second kappa shape index (κ2) is 4.23. The van der Waals surface area contributed by atoms with E-state index in [0.717, 1.165) is 26.1 Å². The minimum atomic E-state index is -0.241. The van der Waals surface area contributed by atoms with Crippen molar-refractivity contribution in [3.8, 4) is 5.75 Å². The Labute approximate surface area is 81.0 Å². The monoisotopic (exact) mass is 196 g/mol. The summed E-state index contributed by atoms with van der Waals surface area (Å²) in [5, 5.41) is 5.95. The third kappa shape index (κ3) is 2.32. The van der Waals surface area contributed by atoms with Gasteiger partial charge in [0.2, 0.25) is 0 Å². The quantitative estimate of drug-likeness (QED) is 0.740. The molecule has 0 aromatic carbocycles. The van der Waals surface area contributed by atoms with Crippen molar-refractivity contribution < 1.29 is 9.47 Å². The van der Waals surface area contributed by atoms with E-state index in [4.69, 9.17) is 9.47 Å². The summed E-state index contributed by atoms with van der Waals surface area (Å²) in [6.45, 7) is 1.45. The lowest BCUT2D eigenvalue weighted by atomic mass is 10.1. The van der Waals surface area contributed by atoms with Gasteiger partial charge in [-0.15, -0.1) is 0 Å². The SMILES string of the molecule is O=c1cc(OC2CCOCC2)cn[nH]1. The maximum Gasteiger partial charge on any atom is 0.267 e. The molecule has 5 nitrogen and oxygen atoms in total. The van der Waals surface area contributed by atoms with Gasteiger partial charge in [-0.1, -0.05) is 0 Å². The molecular weight excluding hydrogens is 184 g/mol. The van der Waals surface area contributed by atoms with Crippen molar-refractivity contribution in [2.24, 2.45) is 0 Å². The number of nitrogens with zero attached hydrogens (tertiary/aromatic N) is 1. The van der Waals surface area contributed by atoms with Crippen LogP contribution in [0.5, 0.6) is 5.75 Å². The van der Waals surface area contributed by atoms with Gasteiger partial charge in [-0.05, 0) is 0 Å². The Kier molecular flexibility index (Phi) is 2.78. The number of aromatic nitrogens is 2. The van der Waals surface area contributed by atoms with Crippen molar-refractivity contribution in [1.82, 2.24) is 10.2 Å². The number of ether oxygens (including phenoxy) is 2. The molecule has 1 aliphatic heterocycles. The highest BCUT2D eigenvalue weighted by molar-refractivity contribution is 5.13. The molecule has 76 valence electrons. The zero-order valence-corrected chi connectivity index (χ0v) is 7.73. The first kappa shape index (κ1) is 9.21. The van der Waals surface area contributed by atoms with E-state index in [1.54, 1.807) is 0 Å². The fourth-order valence-electron chi connectivity index (χ4n) is 1.41. The van der Waals surface area contributed by atoms with Crippen molar-refractivity contribution in [3.05, 3.63) is 22.6 Å². The molecule has 0 spiro atoms. The second-order valence-electron chi connectivity index (χ2n) is 3.21. The minimum absolute atomic E-state index is 0.146. The molecule has 1 saturated heterocycles. The molecule has 14 heavy (non-hydrogen) atoms. The van der Waals surface area contributed by atoms with Gasteiger partial charge in [-0.3, -0.25) is 4.79 Å². The van der Waals surface area contributed by atoms with Crippen molar-refractivity contribution in [1.29, 1.82) is 0 Å². The van der Waals surface area contributed by atoms with Gasteiger partial charge < -0.3 is 9.47 Å². The first-order valence-electron chi connectivity index (χ1n) is 4.64. The zero-order chi connectivity index (χ0) is 9.80. The predicted molar refractivity (Wildman–Crippen MR) is 49.3 cm³/mol. The molecule has 2 rings (SSSR count). The number of rotatable bonds is 2. The van der Waals surface area contributed by atoms with Gasteiger partial charge in [0.15, 0.2) is 0 Å². The van der Waals surface area contributed by atoms with Crippen LogP contribution >= 0.6 is 0 Å². The summed E-state index contributed by atoms with van der Waals surface area (Å²) in [6.07, 6.45) is 3.39. The van der Waals surface area contributed by atoms with Crippen LogP contribution in [0.2, 0.25) is 0 Å². The van der Waals surface area contributed by atoms with Gasteiger partial charge in [-0.2, -0.15) is 5.10 Å². The van der Waals surface area contributed by atoms with E-state index in [0.29, 0.717) is 5.75 Å². The van der Waals surface area contributed by atoms with Gasteiger partial charge in [0.25, 0.3) is 5.56 Å². The maximum absolute atomic E-state index is 10.9. The van der Waals surface area contributed by atoms with Gasteiger partial charge in [-0.25, -0.2) is 5.10 Å². The first-order valence-corrected chi connectivity index (χ1v) is 4.64. The van der Waals surface area contributed by atoms with Crippen LogP contribution in [0.25, 0.3) is 0 Å². The third-order valence-electron chi connectivity index (χ3n) is 2.11. The highest BCUT2D eigenvalue weighted by atomic mass is 16.5. The smallest absolute Gasteiger partial charge is 0.267 e. The molecule has 1 aromatic rings. The Bertz CT molecular complexity index is 344. The van der Waals surface area contributed by atoms with Crippen LogP contribution in [0.15, 0.2) is 17.1 Å². The average molecular weight is 196 g/mol. The van der Waals surface area contributed by atoms with Crippen LogP contribution in [-0.4, -0.2) is 29.5 Å². The Hall–Kier alpha value is -1.36. The lowest BCUT2D eigenvalue weighted by Crippen LogP contribution is -2.26. The van der Waals surface area contributed by atoms with Crippen LogP contribution in [0.4, 0.5) is 0 Å². The topological polar surface area (TPSA) is 64.2 Å². The van der Waals surface area contributed by atoms with E-state index in [-0.39, 0.29) is 11.7 Å². The predicted octanol–water partition coefficient (Wildman–Crippen LogP) is 0.328. The molecule has 0 saturated carbocycles. The fraction of sp³-hybridized carbons (Fsp3) is 0.556. The number of hydrogen-bond donors (Lipinski definition) is 1. The lowest BCUT2D eigenvalue weighted by molar-refractivity contribution is 0.0253. The molecule has 5 heteroatoms. The number of hydrogen-bond acceptors (Lipinski definition) is 4. The molecule has 1 aromatic heterocycles. The Morgan fingerprint density at radius 1 is 1.50 bits per heavy atom. The molecule has 1 fully saturated rings. The van der Waals surface area contributed by atoms with Crippen molar-refractivity contribution in [3.63, 3.8) is 0 Å². The highest BCUT2D eigenvalue weighted by Gasteiger charge is 2.15. The summed E-state index contributed by atoms with van der Waals surface area (Å²) < 4.78 is 10.8. The van der Waals surface area contributed by atoms with Crippen molar-refractivity contribution in [2.75, 3.05) is 13.2 Å². The summed E-state index contributed by atoms with van der Waals surface area (Å²) in [5.74, 6) is 0.528. The summed E-state index contributed by atoms with van der Waals surface area (Å²) in [4.78, 5) is 10.9. The Morgan fingerprint density at radius 2 is 2.29 bits per heavy atom. The van der Waals surface area contributed by atoms with Crippen LogP contribution in [0, 0.1) is 0 Å². The fourth-order valence-corrected chi connectivity index (χ4v) is 1.41. The third-order valence-corrected chi connectivity index (χ3v) is 2.11. The lowest BCUT2D eigenvalue weighted by Gasteiger charge is -2.22. The molecule has 0 aliphatic carbocycles. The summed E-state index contributed by atoms with van der Waals surface area (Å²) >= 11 is 0. The Morgan fingerprint density at radius 3 is 3.00 bits per heavy atom. The second-order valence-corrected chi connectivity index (χ2v) is 3.21. The molecule has 0 radical (unpaired) electrons. The van der Waals surface area contributed by atoms with E-state index in [2.05, 4.69) is 10.2 Å². The molecule has 0 unspecified atom stereocenters. The van der Waals surface area contributed by atoms with Gasteiger partial charge in [0, 0.05) is 18.9 Å². The maximum atomic E-state index is 10.9. The zero-order valence-electron chi connectivity index (χ0n) is 7.73. The van der Waals surface area contributed by atoms with E-state index in [1.165, 1.54) is 12.3 Å². The van der Waals surface area contributed by atoms with Crippen LogP contribution in [0.1, 0.15) is 12.8 Å². The normalized spacial score (nSPS) is 18.0. The van der Waals surface area contributed by atoms with Crippen LogP contribution in [-0.2, 0) is 4.74 Å². The van der Waals surface area contributed by atoms with E-state index >= 15 is 0 Å². The number of aromatic amines is 1. The standard InChI is InChI=1S/C9H12N2O3/c12-9-5-8(6-10-11-9)14-7-1-3-13-4-2-7/h5-7H,1-4H2,(H,11,12). The number of H-pyrrole nitrogens is 1. The van der Waals surface area contributed by atoms with Gasteiger partial charge in [0.05, 0.1) is 19.4 Å². The minimum Gasteiger partial charge on any atom is -0.488 e. The van der Waals surface area contributed by atoms with Crippen LogP contribution in [0.3, 0.4) is 0 Å². The molecule has 2 heterocycles. The van der Waals surface area contributed by atoms with Crippen molar-refractivity contribution in [2.45, 2.75) is 18.9 Å². The van der Waals surface area contributed by atoms with Gasteiger partial charge in [0.1, 0.15) is 11.9 Å². The summed E-state index contributed by atoms with van der Waals surface area (Å²) in [6, 6.07) is 1.41. The average Bonchev–Trinajstić information content (AvgIpc) is 2.19. The van der Waals surface area contributed by atoms with E-state index in [1.807, 2.05) is 0 Å². The van der Waals surface area contributed by atoms with Crippen molar-refractivity contribution >= 4 is 0 Å². The summed E-state index contributed by atoms with van der Waals surface area (Å²) in [5.41, 5.74) is -0.241. The molecule has 0 amide bonds. The molecule has 0 atom stereocenters. The molecule has 0 bridgehead atoms. The molecule has 1 N–H and O–H groups in total. The molecule has 1 aliphatic rings. The molecular formula is C9H12N2O3.